The van der Waals surface area contributed by atoms with Crippen molar-refractivity contribution in [3.05, 3.63) is 131 Å². The lowest BCUT2D eigenvalue weighted by Crippen LogP contribution is -2.20. The Balaban J connectivity index is 1.36. The molecule has 5 rings (SSSR count). The number of ketones is 1. The minimum atomic E-state index is 0.209. The van der Waals surface area contributed by atoms with Gasteiger partial charge in [0.1, 0.15) is 23.9 Å². The van der Waals surface area contributed by atoms with Gasteiger partial charge in [0.15, 0.2) is 0 Å². The number of Topliss-reactive ketones (excluding diaryl/α,β-unsaturated/α-hetero) is 1. The van der Waals surface area contributed by atoms with E-state index in [9.17, 15) is 4.79 Å². The van der Waals surface area contributed by atoms with E-state index < -0.39 is 0 Å². The van der Waals surface area contributed by atoms with E-state index in [1.54, 1.807) is 0 Å². The molecule has 0 bridgehead atoms. The number of carbonyl (C=O) groups excluding carboxylic acids is 1. The van der Waals surface area contributed by atoms with Crippen LogP contribution in [0.5, 0.6) is 11.5 Å². The maximum atomic E-state index is 11.5. The second kappa shape index (κ2) is 12.9. The molecule has 0 heterocycles. The third kappa shape index (κ3) is 6.54. The largest absolute Gasteiger partial charge is 0.494 e. The summed E-state index contributed by atoms with van der Waals surface area (Å²) in [7, 11) is 0. The molecule has 1 aliphatic rings. The fraction of sp³-hybridized carbons (Fsp3) is 0.265. The molecule has 1 aliphatic carbocycles. The quantitative estimate of drug-likeness (QED) is 0.135. The van der Waals surface area contributed by atoms with Crippen LogP contribution in [0, 0.1) is 0 Å². The first kappa shape index (κ1) is 26.2. The lowest BCUT2D eigenvalue weighted by Gasteiger charge is -2.35. The molecule has 0 unspecified atom stereocenters. The molecule has 0 amide bonds. The Morgan fingerprint density at radius 3 is 2.24 bits per heavy atom. The molecule has 0 saturated heterocycles. The van der Waals surface area contributed by atoms with E-state index in [0.29, 0.717) is 30.9 Å². The summed E-state index contributed by atoms with van der Waals surface area (Å²) < 4.78 is 12.1. The Morgan fingerprint density at radius 2 is 1.50 bits per heavy atom. The number of carbonyl (C=O) groups is 1. The van der Waals surface area contributed by atoms with Crippen LogP contribution in [0.2, 0.25) is 0 Å². The highest BCUT2D eigenvalue weighted by molar-refractivity contribution is 9.09. The lowest BCUT2D eigenvalue weighted by atomic mass is 9.69. The SMILES string of the molecule is O=C(CBr)CCCOc1ccc([C@@H]2c3ccc(OCc4ccccc4)cc3CC[C@@H]2c2ccccc2)cc1. The van der Waals surface area contributed by atoms with Crippen molar-refractivity contribution < 1.29 is 14.3 Å². The third-order valence-corrected chi connectivity index (χ3v) is 7.93. The van der Waals surface area contributed by atoms with Gasteiger partial charge >= 0.3 is 0 Å². The summed E-state index contributed by atoms with van der Waals surface area (Å²) >= 11 is 3.21. The minimum absolute atomic E-state index is 0.209. The lowest BCUT2D eigenvalue weighted by molar-refractivity contribution is -0.116. The average molecular weight is 570 g/mol. The van der Waals surface area contributed by atoms with Gasteiger partial charge in [-0.25, -0.2) is 0 Å². The first-order valence-corrected chi connectivity index (χ1v) is 14.5. The van der Waals surface area contributed by atoms with Gasteiger partial charge in [0.05, 0.1) is 11.9 Å². The molecule has 3 nitrogen and oxygen atoms in total. The first-order chi connectivity index (χ1) is 18.7. The zero-order valence-electron chi connectivity index (χ0n) is 21.5. The number of alkyl halides is 1. The van der Waals surface area contributed by atoms with Crippen LogP contribution in [-0.2, 0) is 17.8 Å². The molecule has 0 spiro atoms. The molecule has 194 valence electrons. The molecule has 0 aliphatic heterocycles. The number of hydrogen-bond acceptors (Lipinski definition) is 3. The topological polar surface area (TPSA) is 35.5 Å². The first-order valence-electron chi connectivity index (χ1n) is 13.4. The molecule has 4 heteroatoms. The Morgan fingerprint density at radius 1 is 0.789 bits per heavy atom. The van der Waals surface area contributed by atoms with Crippen molar-refractivity contribution in [2.75, 3.05) is 11.9 Å². The number of rotatable bonds is 11. The van der Waals surface area contributed by atoms with Crippen LogP contribution in [0.4, 0.5) is 0 Å². The van der Waals surface area contributed by atoms with E-state index in [1.807, 2.05) is 18.2 Å². The highest BCUT2D eigenvalue weighted by Gasteiger charge is 2.32. The van der Waals surface area contributed by atoms with E-state index in [1.165, 1.54) is 27.8 Å². The fourth-order valence-corrected chi connectivity index (χ4v) is 5.68. The summed E-state index contributed by atoms with van der Waals surface area (Å²) in [5, 5.41) is 0.411. The van der Waals surface area contributed by atoms with Crippen LogP contribution < -0.4 is 9.47 Å². The van der Waals surface area contributed by atoms with Crippen molar-refractivity contribution in [1.82, 2.24) is 0 Å². The van der Waals surface area contributed by atoms with Gasteiger partial charge < -0.3 is 9.47 Å². The summed E-state index contributed by atoms with van der Waals surface area (Å²) in [5.74, 6) is 2.64. The van der Waals surface area contributed by atoms with Gasteiger partial charge in [0.25, 0.3) is 0 Å². The van der Waals surface area contributed by atoms with Crippen LogP contribution in [0.3, 0.4) is 0 Å². The number of aryl methyl sites for hydroxylation is 1. The van der Waals surface area contributed by atoms with Gasteiger partial charge in [-0.15, -0.1) is 0 Å². The number of halogens is 1. The summed E-state index contributed by atoms with van der Waals surface area (Å²) in [6, 6.07) is 36.3. The summed E-state index contributed by atoms with van der Waals surface area (Å²) in [4.78, 5) is 11.5. The predicted octanol–water partition coefficient (Wildman–Crippen LogP) is 8.25. The van der Waals surface area contributed by atoms with Gasteiger partial charge in [0, 0.05) is 12.3 Å². The number of hydrogen-bond donors (Lipinski definition) is 0. The normalized spacial score (nSPS) is 16.4. The maximum Gasteiger partial charge on any atom is 0.143 e. The maximum absolute atomic E-state index is 11.5. The van der Waals surface area contributed by atoms with Crippen molar-refractivity contribution >= 4 is 21.7 Å². The Labute approximate surface area is 234 Å². The Hall–Kier alpha value is -3.37. The van der Waals surface area contributed by atoms with E-state index in [-0.39, 0.29) is 11.7 Å². The van der Waals surface area contributed by atoms with Crippen molar-refractivity contribution in [3.8, 4) is 11.5 Å². The molecule has 0 fully saturated rings. The smallest absolute Gasteiger partial charge is 0.143 e. The van der Waals surface area contributed by atoms with E-state index >= 15 is 0 Å². The van der Waals surface area contributed by atoms with Gasteiger partial charge in [0.2, 0.25) is 0 Å². The fourth-order valence-electron chi connectivity index (χ4n) is 5.40. The van der Waals surface area contributed by atoms with Crippen molar-refractivity contribution in [3.63, 3.8) is 0 Å². The van der Waals surface area contributed by atoms with Crippen LogP contribution in [0.25, 0.3) is 0 Å². The average Bonchev–Trinajstić information content (AvgIpc) is 2.98. The Kier molecular flexibility index (Phi) is 8.93. The standard InChI is InChI=1S/C34H33BrO3/c35-23-29(36)12-7-21-37-30-16-13-27(14-17-30)34-32(26-10-5-2-6-11-26)19-15-28-22-31(18-20-33(28)34)38-24-25-8-3-1-4-9-25/h1-6,8-11,13-14,16-18,20,22,32,34H,7,12,15,19,21,23-24H2/t32-,34+/m1/s1. The highest BCUT2D eigenvalue weighted by Crippen LogP contribution is 2.47. The molecule has 0 aromatic heterocycles. The molecule has 38 heavy (non-hydrogen) atoms. The zero-order chi connectivity index (χ0) is 26.2. The van der Waals surface area contributed by atoms with Crippen molar-refractivity contribution in [2.24, 2.45) is 0 Å². The van der Waals surface area contributed by atoms with E-state index in [2.05, 4.69) is 101 Å². The monoisotopic (exact) mass is 568 g/mol. The number of ether oxygens (including phenoxy) is 2. The van der Waals surface area contributed by atoms with Crippen molar-refractivity contribution in [1.29, 1.82) is 0 Å². The van der Waals surface area contributed by atoms with Gasteiger partial charge in [-0.05, 0) is 77.3 Å². The molecule has 0 saturated carbocycles. The van der Waals surface area contributed by atoms with E-state index in [0.717, 1.165) is 30.8 Å². The third-order valence-electron chi connectivity index (χ3n) is 7.31. The summed E-state index contributed by atoms with van der Waals surface area (Å²) in [6.07, 6.45) is 3.39. The second-order valence-corrected chi connectivity index (χ2v) is 10.4. The van der Waals surface area contributed by atoms with E-state index in [4.69, 9.17) is 9.47 Å². The molecule has 0 N–H and O–H groups in total. The zero-order valence-corrected chi connectivity index (χ0v) is 23.1. The molecule has 2 atom stereocenters. The number of benzene rings is 4. The van der Waals surface area contributed by atoms with Crippen LogP contribution in [0.1, 0.15) is 58.9 Å². The molecular formula is C34H33BrO3. The molecule has 4 aromatic rings. The van der Waals surface area contributed by atoms with Gasteiger partial charge in [-0.2, -0.15) is 0 Å². The molecular weight excluding hydrogens is 536 g/mol. The van der Waals surface area contributed by atoms with Crippen LogP contribution in [-0.4, -0.2) is 17.7 Å². The van der Waals surface area contributed by atoms with Crippen LogP contribution in [0.15, 0.2) is 103 Å². The van der Waals surface area contributed by atoms with Gasteiger partial charge in [-0.3, -0.25) is 4.79 Å². The van der Waals surface area contributed by atoms with Gasteiger partial charge in [-0.1, -0.05) is 94.8 Å². The highest BCUT2D eigenvalue weighted by atomic mass is 79.9. The molecule has 4 aromatic carbocycles. The Bertz CT molecular complexity index is 1320. The summed E-state index contributed by atoms with van der Waals surface area (Å²) in [5.41, 5.74) is 6.58. The van der Waals surface area contributed by atoms with Crippen molar-refractivity contribution in [2.45, 2.75) is 44.1 Å². The molecule has 0 radical (unpaired) electrons. The van der Waals surface area contributed by atoms with Crippen LogP contribution >= 0.6 is 15.9 Å². The summed E-state index contributed by atoms with van der Waals surface area (Å²) in [6.45, 7) is 1.12. The number of fused-ring (bicyclic) bond motifs is 1. The predicted molar refractivity (Wildman–Crippen MR) is 157 cm³/mol. The minimum Gasteiger partial charge on any atom is -0.494 e. The second-order valence-electron chi connectivity index (χ2n) is 9.86.